The van der Waals surface area contributed by atoms with E-state index in [0.717, 1.165) is 29.2 Å². The van der Waals surface area contributed by atoms with Gasteiger partial charge in [-0.05, 0) is 48.0 Å². The van der Waals surface area contributed by atoms with Crippen molar-refractivity contribution in [2.45, 2.75) is 18.7 Å². The predicted octanol–water partition coefficient (Wildman–Crippen LogP) is 2.92. The Morgan fingerprint density at radius 3 is 2.32 bits per heavy atom. The van der Waals surface area contributed by atoms with Crippen molar-refractivity contribution < 1.29 is 14.6 Å². The number of aliphatic hydroxyl groups is 1. The molecule has 2 aromatic rings. The molecule has 0 radical (unpaired) electrons. The van der Waals surface area contributed by atoms with Gasteiger partial charge in [0.25, 0.3) is 0 Å². The van der Waals surface area contributed by atoms with Crippen LogP contribution >= 0.6 is 0 Å². The maximum Gasteiger partial charge on any atom is 0.119 e. The van der Waals surface area contributed by atoms with Gasteiger partial charge in [0.1, 0.15) is 11.5 Å². The third kappa shape index (κ3) is 2.56. The number of likely N-dealkylation sites (N-methyl/N-ethyl adjacent to an activating group) is 1. The molecule has 4 nitrogen and oxygen atoms in total. The highest BCUT2D eigenvalue weighted by Gasteiger charge is 2.34. The lowest BCUT2D eigenvalue weighted by atomic mass is 9.95. The van der Waals surface area contributed by atoms with Crippen LogP contribution in [0.5, 0.6) is 11.5 Å². The fourth-order valence-electron chi connectivity index (χ4n) is 3.13. The van der Waals surface area contributed by atoms with Gasteiger partial charge >= 0.3 is 0 Å². The average Bonchev–Trinajstić information content (AvgIpc) is 2.89. The van der Waals surface area contributed by atoms with E-state index in [4.69, 9.17) is 9.47 Å². The average molecular weight is 299 g/mol. The van der Waals surface area contributed by atoms with Crippen LogP contribution in [0.2, 0.25) is 0 Å². The van der Waals surface area contributed by atoms with E-state index in [1.807, 2.05) is 43.4 Å². The van der Waals surface area contributed by atoms with Crippen LogP contribution < -0.4 is 9.47 Å². The molecule has 0 saturated carbocycles. The van der Waals surface area contributed by atoms with Crippen molar-refractivity contribution in [2.24, 2.45) is 0 Å². The first-order valence-electron chi connectivity index (χ1n) is 7.33. The number of aliphatic hydroxyl groups excluding tert-OH is 1. The molecule has 0 spiro atoms. The zero-order chi connectivity index (χ0) is 15.7. The Kier molecular flexibility index (Phi) is 4.05. The van der Waals surface area contributed by atoms with E-state index in [-0.39, 0.29) is 6.04 Å². The first-order valence-corrected chi connectivity index (χ1v) is 7.33. The van der Waals surface area contributed by atoms with Crippen LogP contribution in [-0.4, -0.2) is 31.3 Å². The largest absolute Gasteiger partial charge is 0.497 e. The fraction of sp³-hybridized carbons (Fsp3) is 0.333. The number of nitrogens with zero attached hydrogens (tertiary/aromatic N) is 1. The van der Waals surface area contributed by atoms with Crippen molar-refractivity contribution in [1.29, 1.82) is 0 Å². The molecule has 116 valence electrons. The number of ether oxygens (including phenoxy) is 2. The third-order valence-corrected chi connectivity index (χ3v) is 4.32. The molecular formula is C18H21NO3. The molecule has 0 aliphatic carbocycles. The van der Waals surface area contributed by atoms with Crippen LogP contribution in [0.25, 0.3) is 0 Å². The Hall–Kier alpha value is -2.04. The van der Waals surface area contributed by atoms with Gasteiger partial charge in [0, 0.05) is 6.54 Å². The predicted molar refractivity (Wildman–Crippen MR) is 85.2 cm³/mol. The lowest BCUT2D eigenvalue weighted by Crippen LogP contribution is -2.23. The molecule has 0 bridgehead atoms. The third-order valence-electron chi connectivity index (χ3n) is 4.32. The molecule has 0 amide bonds. The second-order valence-corrected chi connectivity index (χ2v) is 5.64. The zero-order valence-corrected chi connectivity index (χ0v) is 13.1. The van der Waals surface area contributed by atoms with Crippen molar-refractivity contribution in [3.05, 3.63) is 59.2 Å². The van der Waals surface area contributed by atoms with E-state index in [9.17, 15) is 5.11 Å². The smallest absolute Gasteiger partial charge is 0.119 e. The Labute approximate surface area is 130 Å². The molecule has 4 heteroatoms. The van der Waals surface area contributed by atoms with Gasteiger partial charge in [-0.1, -0.05) is 18.2 Å². The molecule has 0 fully saturated rings. The van der Waals surface area contributed by atoms with Crippen LogP contribution in [0.3, 0.4) is 0 Å². The van der Waals surface area contributed by atoms with E-state index in [0.29, 0.717) is 0 Å². The lowest BCUT2D eigenvalue weighted by Gasteiger charge is -2.26. The van der Waals surface area contributed by atoms with Crippen molar-refractivity contribution in [3.63, 3.8) is 0 Å². The minimum Gasteiger partial charge on any atom is -0.497 e. The summed E-state index contributed by atoms with van der Waals surface area (Å²) in [6.45, 7) is 0.810. The Bertz CT molecular complexity index is 654. The second kappa shape index (κ2) is 5.99. The van der Waals surface area contributed by atoms with E-state index < -0.39 is 6.10 Å². The maximum atomic E-state index is 10.8. The quantitative estimate of drug-likeness (QED) is 0.942. The summed E-state index contributed by atoms with van der Waals surface area (Å²) < 4.78 is 10.5. The highest BCUT2D eigenvalue weighted by molar-refractivity contribution is 5.42. The highest BCUT2D eigenvalue weighted by atomic mass is 16.5. The van der Waals surface area contributed by atoms with Gasteiger partial charge in [0.2, 0.25) is 0 Å². The molecule has 1 aliphatic heterocycles. The van der Waals surface area contributed by atoms with Gasteiger partial charge in [-0.2, -0.15) is 0 Å². The zero-order valence-electron chi connectivity index (χ0n) is 13.1. The lowest BCUT2D eigenvalue weighted by molar-refractivity contribution is 0.0708. The molecule has 3 rings (SSSR count). The molecule has 1 N–H and O–H groups in total. The number of rotatable bonds is 4. The molecule has 1 heterocycles. The summed E-state index contributed by atoms with van der Waals surface area (Å²) in [7, 11) is 5.34. The van der Waals surface area contributed by atoms with Crippen LogP contribution in [0.4, 0.5) is 0 Å². The van der Waals surface area contributed by atoms with Gasteiger partial charge in [-0.15, -0.1) is 0 Å². The molecule has 1 aliphatic rings. The Morgan fingerprint density at radius 2 is 1.68 bits per heavy atom. The minimum absolute atomic E-state index is 0.0469. The molecule has 22 heavy (non-hydrogen) atoms. The number of hydrogen-bond donors (Lipinski definition) is 1. The van der Waals surface area contributed by atoms with E-state index in [1.54, 1.807) is 14.2 Å². The Balaban J connectivity index is 1.91. The normalized spacial score (nSPS) is 18.8. The summed E-state index contributed by atoms with van der Waals surface area (Å²) in [5.74, 6) is 1.65. The molecule has 2 atom stereocenters. The molecular weight excluding hydrogens is 278 g/mol. The van der Waals surface area contributed by atoms with Crippen molar-refractivity contribution in [3.8, 4) is 11.5 Å². The molecule has 0 saturated heterocycles. The number of hydrogen-bond acceptors (Lipinski definition) is 4. The number of benzene rings is 2. The van der Waals surface area contributed by atoms with Crippen molar-refractivity contribution in [1.82, 2.24) is 4.90 Å². The van der Waals surface area contributed by atoms with Gasteiger partial charge in [0.15, 0.2) is 0 Å². The summed E-state index contributed by atoms with van der Waals surface area (Å²) in [4.78, 5) is 2.17. The van der Waals surface area contributed by atoms with Crippen LogP contribution in [0.15, 0.2) is 42.5 Å². The molecule has 2 unspecified atom stereocenters. The monoisotopic (exact) mass is 299 g/mol. The summed E-state index contributed by atoms with van der Waals surface area (Å²) in [5, 5.41) is 10.8. The summed E-state index contributed by atoms with van der Waals surface area (Å²) in [6, 6.07) is 13.6. The van der Waals surface area contributed by atoms with E-state index in [1.165, 1.54) is 5.56 Å². The topological polar surface area (TPSA) is 41.9 Å². The molecule has 0 aromatic heterocycles. The van der Waals surface area contributed by atoms with Gasteiger partial charge in [-0.3, -0.25) is 4.90 Å². The first kappa shape index (κ1) is 14.9. The first-order chi connectivity index (χ1) is 10.6. The van der Waals surface area contributed by atoms with E-state index >= 15 is 0 Å². The van der Waals surface area contributed by atoms with E-state index in [2.05, 4.69) is 11.0 Å². The van der Waals surface area contributed by atoms with Gasteiger partial charge in [0.05, 0.1) is 26.4 Å². The minimum atomic E-state index is -0.578. The number of fused-ring (bicyclic) bond motifs is 1. The number of methoxy groups -OCH3 is 2. The Morgan fingerprint density at radius 1 is 1.05 bits per heavy atom. The molecule has 2 aromatic carbocycles. The van der Waals surface area contributed by atoms with Crippen molar-refractivity contribution >= 4 is 0 Å². The maximum absolute atomic E-state index is 10.8. The van der Waals surface area contributed by atoms with Gasteiger partial charge < -0.3 is 14.6 Å². The van der Waals surface area contributed by atoms with Crippen LogP contribution in [0, 0.1) is 0 Å². The fourth-order valence-corrected chi connectivity index (χ4v) is 3.13. The van der Waals surface area contributed by atoms with Crippen LogP contribution in [-0.2, 0) is 6.54 Å². The van der Waals surface area contributed by atoms with Gasteiger partial charge in [-0.25, -0.2) is 0 Å². The highest BCUT2D eigenvalue weighted by Crippen LogP contribution is 2.42. The second-order valence-electron chi connectivity index (χ2n) is 5.64. The summed E-state index contributed by atoms with van der Waals surface area (Å²) in [6.07, 6.45) is -0.578. The van der Waals surface area contributed by atoms with Crippen LogP contribution in [0.1, 0.15) is 28.8 Å². The SMILES string of the molecule is COc1ccc(C(O)C2c3ccc(OC)cc3CN2C)cc1. The van der Waals surface area contributed by atoms with Crippen molar-refractivity contribution in [2.75, 3.05) is 21.3 Å². The standard InChI is InChI=1S/C18H21NO3/c1-19-11-13-10-15(22-3)8-9-16(13)17(19)18(20)12-4-6-14(21-2)7-5-12/h4-10,17-18,20H,11H2,1-3H3. The summed E-state index contributed by atoms with van der Waals surface area (Å²) in [5.41, 5.74) is 3.26. The summed E-state index contributed by atoms with van der Waals surface area (Å²) >= 11 is 0.